The van der Waals surface area contributed by atoms with E-state index in [2.05, 4.69) is 10.6 Å². The number of ketones is 1. The molecule has 3 rings (SSSR count). The molecule has 3 amide bonds. The first-order chi connectivity index (χ1) is 21.5. The lowest BCUT2D eigenvalue weighted by Crippen LogP contribution is -2.46. The molecule has 8 nitrogen and oxygen atoms in total. The van der Waals surface area contributed by atoms with Crippen LogP contribution >= 0.6 is 11.3 Å². The second-order valence-electron chi connectivity index (χ2n) is 11.0. The molecule has 1 aromatic heterocycles. The number of halogens is 2. The Morgan fingerprint density at radius 2 is 1.60 bits per heavy atom. The predicted molar refractivity (Wildman–Crippen MR) is 170 cm³/mol. The van der Waals surface area contributed by atoms with Gasteiger partial charge >= 0.3 is 0 Å². The van der Waals surface area contributed by atoms with Crippen LogP contribution in [0.1, 0.15) is 87.5 Å². The number of nitrogens with one attached hydrogen (secondary N) is 2. The minimum Gasteiger partial charge on any atom is -0.391 e. The third kappa shape index (κ3) is 11.2. The van der Waals surface area contributed by atoms with Crippen molar-refractivity contribution in [2.24, 2.45) is 0 Å². The summed E-state index contributed by atoms with van der Waals surface area (Å²) < 4.78 is 27.9. The zero-order valence-electron chi connectivity index (χ0n) is 25.9. The summed E-state index contributed by atoms with van der Waals surface area (Å²) in [5.74, 6) is -2.83. The number of amides is 3. The molecule has 45 heavy (non-hydrogen) atoms. The summed E-state index contributed by atoms with van der Waals surface area (Å²) in [5.41, 5.74) is 1.50. The first-order valence-corrected chi connectivity index (χ1v) is 16.1. The minimum atomic E-state index is -1.20. The van der Waals surface area contributed by atoms with Crippen molar-refractivity contribution >= 4 is 34.8 Å². The van der Waals surface area contributed by atoms with Gasteiger partial charge in [-0.15, -0.1) is 11.3 Å². The van der Waals surface area contributed by atoms with Gasteiger partial charge in [-0.05, 0) is 85.5 Å². The average molecular weight is 642 g/mol. The molecule has 3 aromatic rings. The van der Waals surface area contributed by atoms with Gasteiger partial charge in [0.1, 0.15) is 11.6 Å². The highest BCUT2D eigenvalue weighted by molar-refractivity contribution is 7.12. The number of carbonyl (C=O) groups excluding carboxylic acids is 4. The molecule has 0 fully saturated rings. The highest BCUT2D eigenvalue weighted by Gasteiger charge is 2.25. The Bertz CT molecular complexity index is 1440. The molecule has 0 aliphatic carbocycles. The van der Waals surface area contributed by atoms with Crippen LogP contribution in [-0.4, -0.2) is 65.3 Å². The summed E-state index contributed by atoms with van der Waals surface area (Å²) in [5, 5.41) is 18.3. The second-order valence-corrected chi connectivity index (χ2v) is 12.0. The third-order valence-corrected chi connectivity index (χ3v) is 8.07. The SMILES string of the molecule is CCCN(CCC)C(=O)c1cc(C)cc(C(=O)NC(Cc2cc(F)cc(F)c2)C(O)CCNC(=O)CCC(=O)c2cccs2)c1. The van der Waals surface area contributed by atoms with E-state index in [4.69, 9.17) is 0 Å². The first-order valence-electron chi connectivity index (χ1n) is 15.2. The summed E-state index contributed by atoms with van der Waals surface area (Å²) in [7, 11) is 0. The van der Waals surface area contributed by atoms with Crippen molar-refractivity contribution in [3.05, 3.63) is 92.7 Å². The number of aryl methyl sites for hydroxylation is 1. The number of thiophene rings is 1. The van der Waals surface area contributed by atoms with E-state index in [-0.39, 0.29) is 61.0 Å². The molecule has 3 N–H and O–H groups in total. The molecular formula is C34H41F2N3O5S. The number of aliphatic hydroxyl groups is 1. The summed E-state index contributed by atoms with van der Waals surface area (Å²) >= 11 is 1.31. The first kappa shape index (κ1) is 35.5. The zero-order valence-corrected chi connectivity index (χ0v) is 26.7. The normalized spacial score (nSPS) is 12.3. The average Bonchev–Trinajstić information content (AvgIpc) is 3.53. The molecule has 1 heterocycles. The van der Waals surface area contributed by atoms with Gasteiger partial charge in [-0.25, -0.2) is 8.78 Å². The number of aliphatic hydroxyl groups excluding tert-OH is 1. The van der Waals surface area contributed by atoms with Gasteiger partial charge in [0.2, 0.25) is 5.91 Å². The van der Waals surface area contributed by atoms with Crippen molar-refractivity contribution in [1.82, 2.24) is 15.5 Å². The van der Waals surface area contributed by atoms with Gasteiger partial charge in [-0.2, -0.15) is 0 Å². The van der Waals surface area contributed by atoms with E-state index in [1.807, 2.05) is 13.8 Å². The van der Waals surface area contributed by atoms with Gasteiger partial charge in [0, 0.05) is 49.7 Å². The Labute approximate surface area is 266 Å². The molecule has 242 valence electrons. The minimum absolute atomic E-state index is 0.0160. The van der Waals surface area contributed by atoms with Gasteiger partial charge in [0.05, 0.1) is 17.0 Å². The molecule has 2 atom stereocenters. The summed E-state index contributed by atoms with van der Waals surface area (Å²) in [4.78, 5) is 53.5. The van der Waals surface area contributed by atoms with Crippen LogP contribution in [0.4, 0.5) is 8.78 Å². The van der Waals surface area contributed by atoms with Crippen molar-refractivity contribution in [2.45, 2.75) is 71.4 Å². The topological polar surface area (TPSA) is 116 Å². The van der Waals surface area contributed by atoms with Crippen LogP contribution in [0.2, 0.25) is 0 Å². The van der Waals surface area contributed by atoms with Gasteiger partial charge in [0.25, 0.3) is 11.8 Å². The van der Waals surface area contributed by atoms with Crippen LogP contribution in [0.3, 0.4) is 0 Å². The standard InChI is InChI=1S/C34H41F2N3O5S/c1-4-12-39(13-5-2)34(44)25-16-22(3)15-24(20-25)33(43)38-28(19-23-17-26(35)21-27(36)18-23)29(40)10-11-37-32(42)9-8-30(41)31-7-6-14-45-31/h6-7,14-18,20-21,28-29,40H,4-5,8-13,19H2,1-3H3,(H,37,42)(H,38,43). The maximum Gasteiger partial charge on any atom is 0.253 e. The predicted octanol–water partition coefficient (Wildman–Crippen LogP) is 5.47. The smallest absolute Gasteiger partial charge is 0.253 e. The molecule has 2 aromatic carbocycles. The van der Waals surface area contributed by atoms with Crippen LogP contribution in [0, 0.1) is 18.6 Å². The molecule has 0 saturated carbocycles. The quantitative estimate of drug-likeness (QED) is 0.169. The lowest BCUT2D eigenvalue weighted by molar-refractivity contribution is -0.121. The van der Waals surface area contributed by atoms with Crippen LogP contribution in [0.25, 0.3) is 0 Å². The van der Waals surface area contributed by atoms with Gasteiger partial charge in [-0.1, -0.05) is 19.9 Å². The number of nitrogens with zero attached hydrogens (tertiary/aromatic N) is 1. The lowest BCUT2D eigenvalue weighted by Gasteiger charge is -2.25. The summed E-state index contributed by atoms with van der Waals surface area (Å²) in [6.45, 7) is 6.96. The van der Waals surface area contributed by atoms with E-state index in [1.165, 1.54) is 17.4 Å². The summed E-state index contributed by atoms with van der Waals surface area (Å²) in [6, 6.07) is 10.3. The number of rotatable bonds is 17. The molecule has 0 aliphatic heterocycles. The fourth-order valence-corrected chi connectivity index (χ4v) is 5.72. The van der Waals surface area contributed by atoms with Gasteiger partial charge in [-0.3, -0.25) is 19.2 Å². The molecule has 0 radical (unpaired) electrons. The van der Waals surface area contributed by atoms with Crippen LogP contribution in [-0.2, 0) is 11.2 Å². The molecule has 2 unspecified atom stereocenters. The Kier molecular flexibility index (Phi) is 13.8. The van der Waals surface area contributed by atoms with Crippen LogP contribution in [0.15, 0.2) is 53.9 Å². The Balaban J connectivity index is 1.71. The highest BCUT2D eigenvalue weighted by atomic mass is 32.1. The van der Waals surface area contributed by atoms with E-state index in [9.17, 15) is 33.1 Å². The van der Waals surface area contributed by atoms with Gasteiger partial charge in [0.15, 0.2) is 5.78 Å². The summed E-state index contributed by atoms with van der Waals surface area (Å²) in [6.07, 6.45) is 0.338. The maximum absolute atomic E-state index is 14.0. The molecule has 0 spiro atoms. The zero-order chi connectivity index (χ0) is 32.9. The number of Topliss-reactive ketones (excluding diaryl/α,β-unsaturated/α-hetero) is 1. The van der Waals surface area contributed by atoms with E-state index in [0.29, 0.717) is 29.1 Å². The van der Waals surface area contributed by atoms with Crippen LogP contribution in [0.5, 0.6) is 0 Å². The van der Waals surface area contributed by atoms with Gasteiger partial charge < -0.3 is 20.6 Å². The Morgan fingerprint density at radius 3 is 2.22 bits per heavy atom. The van der Waals surface area contributed by atoms with E-state index >= 15 is 0 Å². The largest absolute Gasteiger partial charge is 0.391 e. The van der Waals surface area contributed by atoms with E-state index < -0.39 is 29.7 Å². The number of hydrogen-bond acceptors (Lipinski definition) is 6. The fraction of sp³-hybridized carbons (Fsp3) is 0.412. The number of carbonyl (C=O) groups is 4. The van der Waals surface area contributed by atoms with Crippen molar-refractivity contribution in [3.8, 4) is 0 Å². The van der Waals surface area contributed by atoms with Crippen molar-refractivity contribution in [1.29, 1.82) is 0 Å². The van der Waals surface area contributed by atoms with Crippen LogP contribution < -0.4 is 10.6 Å². The molecule has 11 heteroatoms. The Hall–Kier alpha value is -3.96. The molecular weight excluding hydrogens is 600 g/mol. The molecule has 0 saturated heterocycles. The maximum atomic E-state index is 14.0. The number of hydrogen-bond donors (Lipinski definition) is 3. The van der Waals surface area contributed by atoms with Crippen molar-refractivity contribution in [2.75, 3.05) is 19.6 Å². The van der Waals surface area contributed by atoms with Crippen molar-refractivity contribution < 1.29 is 33.1 Å². The third-order valence-electron chi connectivity index (χ3n) is 7.16. The van der Waals surface area contributed by atoms with E-state index in [1.54, 1.807) is 41.5 Å². The highest BCUT2D eigenvalue weighted by Crippen LogP contribution is 2.17. The molecule has 0 aliphatic rings. The fourth-order valence-electron chi connectivity index (χ4n) is 5.03. The molecule has 0 bridgehead atoms. The number of benzene rings is 2. The monoisotopic (exact) mass is 641 g/mol. The second kappa shape index (κ2) is 17.5. The lowest BCUT2D eigenvalue weighted by atomic mass is 9.97. The van der Waals surface area contributed by atoms with Crippen molar-refractivity contribution in [3.63, 3.8) is 0 Å². The van der Waals surface area contributed by atoms with E-state index in [0.717, 1.165) is 31.0 Å². The Morgan fingerprint density at radius 1 is 0.933 bits per heavy atom.